The molecule has 0 heterocycles. The lowest BCUT2D eigenvalue weighted by molar-refractivity contribution is -0.135. The highest BCUT2D eigenvalue weighted by Crippen LogP contribution is 2.66. The molecule has 0 aliphatic heterocycles. The molecule has 3 atom stereocenters. The molecule has 0 spiro atoms. The van der Waals surface area contributed by atoms with Gasteiger partial charge in [0.25, 0.3) is 5.92 Å². The van der Waals surface area contributed by atoms with Crippen molar-refractivity contribution >= 4 is 11.7 Å². The number of carboxylic acid groups (broad SMARTS) is 1. The van der Waals surface area contributed by atoms with Gasteiger partial charge in [-0.2, -0.15) is 22.0 Å². The van der Waals surface area contributed by atoms with E-state index in [9.17, 15) is 26.7 Å². The van der Waals surface area contributed by atoms with Crippen LogP contribution in [0.3, 0.4) is 0 Å². The van der Waals surface area contributed by atoms with Gasteiger partial charge in [0.15, 0.2) is 0 Å². The number of fused-ring (bicyclic) bond motifs is 1. The number of alkyl halides is 5. The standard InChI is InChI=1S/C11H11F5N2O2/c1-3-5-6(8(17)11(14,15)16)9(18-2-4(19)20)10(12,13)7(3)5/h3,5,7,17-18H,2H2,1H3,(H,19,20)/t3-,5-,7-/m1/s1. The van der Waals surface area contributed by atoms with E-state index in [0.29, 0.717) is 0 Å². The van der Waals surface area contributed by atoms with Crippen LogP contribution in [0.2, 0.25) is 0 Å². The summed E-state index contributed by atoms with van der Waals surface area (Å²) in [6.07, 6.45) is -5.04. The van der Waals surface area contributed by atoms with E-state index in [-0.39, 0.29) is 0 Å². The molecular formula is C11H11F5N2O2. The third-order valence-corrected chi connectivity index (χ3v) is 3.70. The van der Waals surface area contributed by atoms with Crippen LogP contribution in [0.25, 0.3) is 0 Å². The third-order valence-electron chi connectivity index (χ3n) is 3.70. The quantitative estimate of drug-likeness (QED) is 0.549. The van der Waals surface area contributed by atoms with Crippen LogP contribution in [0, 0.1) is 23.2 Å². The van der Waals surface area contributed by atoms with Gasteiger partial charge < -0.3 is 10.4 Å². The predicted molar refractivity (Wildman–Crippen MR) is 57.5 cm³/mol. The van der Waals surface area contributed by atoms with Gasteiger partial charge in [-0.25, -0.2) is 0 Å². The molecule has 4 nitrogen and oxygen atoms in total. The molecule has 112 valence electrons. The number of rotatable bonds is 4. The topological polar surface area (TPSA) is 73.2 Å². The Morgan fingerprint density at radius 1 is 1.45 bits per heavy atom. The lowest BCUT2D eigenvalue weighted by Crippen LogP contribution is -2.36. The van der Waals surface area contributed by atoms with Crippen molar-refractivity contribution in [3.63, 3.8) is 0 Å². The smallest absolute Gasteiger partial charge is 0.433 e. The Balaban J connectivity index is 2.41. The molecule has 2 rings (SSSR count). The van der Waals surface area contributed by atoms with Crippen LogP contribution in [0.4, 0.5) is 22.0 Å². The summed E-state index contributed by atoms with van der Waals surface area (Å²) < 4.78 is 65.7. The zero-order valence-electron chi connectivity index (χ0n) is 10.2. The number of nitrogens with one attached hydrogen (secondary N) is 2. The van der Waals surface area contributed by atoms with E-state index in [1.165, 1.54) is 6.92 Å². The van der Waals surface area contributed by atoms with Crippen LogP contribution in [0.15, 0.2) is 11.3 Å². The van der Waals surface area contributed by atoms with Crippen LogP contribution in [-0.2, 0) is 4.79 Å². The minimum absolute atomic E-state index is 0.655. The normalized spacial score (nSPS) is 31.0. The summed E-state index contributed by atoms with van der Waals surface area (Å²) in [5.41, 5.74) is -3.71. The van der Waals surface area contributed by atoms with E-state index in [0.717, 1.165) is 0 Å². The molecule has 20 heavy (non-hydrogen) atoms. The summed E-state index contributed by atoms with van der Waals surface area (Å²) in [6.45, 7) is 0.467. The van der Waals surface area contributed by atoms with Crippen LogP contribution in [-0.4, -0.2) is 35.4 Å². The fourth-order valence-corrected chi connectivity index (χ4v) is 2.80. The van der Waals surface area contributed by atoms with Crippen molar-refractivity contribution in [1.82, 2.24) is 5.32 Å². The van der Waals surface area contributed by atoms with Gasteiger partial charge in [0.2, 0.25) is 0 Å². The SMILES string of the molecule is C[C@@H]1[C@@H]2C(C(=N)C(F)(F)F)=C(NCC(=O)O)C(F)(F)[C@H]12. The molecule has 0 aromatic carbocycles. The molecule has 0 aromatic heterocycles. The number of hydrogen-bond donors (Lipinski definition) is 3. The van der Waals surface area contributed by atoms with E-state index >= 15 is 0 Å². The fraction of sp³-hybridized carbons (Fsp3) is 0.636. The third kappa shape index (κ3) is 2.04. The van der Waals surface area contributed by atoms with Gasteiger partial charge in [0.1, 0.15) is 12.3 Å². The van der Waals surface area contributed by atoms with Crippen molar-refractivity contribution in [2.75, 3.05) is 6.54 Å². The summed E-state index contributed by atoms with van der Waals surface area (Å²) in [5.74, 6) is -8.03. The van der Waals surface area contributed by atoms with E-state index in [1.54, 1.807) is 0 Å². The van der Waals surface area contributed by atoms with E-state index in [1.807, 2.05) is 5.32 Å². The second-order valence-corrected chi connectivity index (χ2v) is 4.94. The number of carbonyl (C=O) groups is 1. The first kappa shape index (κ1) is 14.7. The monoisotopic (exact) mass is 298 g/mol. The maximum absolute atomic E-state index is 14.0. The van der Waals surface area contributed by atoms with Gasteiger partial charge >= 0.3 is 12.1 Å². The number of aliphatic carboxylic acids is 1. The van der Waals surface area contributed by atoms with E-state index < -0.39 is 59.3 Å². The zero-order valence-corrected chi connectivity index (χ0v) is 10.2. The van der Waals surface area contributed by atoms with E-state index in [2.05, 4.69) is 0 Å². The van der Waals surface area contributed by atoms with Crippen molar-refractivity contribution in [3.05, 3.63) is 11.3 Å². The summed E-state index contributed by atoms with van der Waals surface area (Å²) in [4.78, 5) is 10.4. The highest BCUT2D eigenvalue weighted by atomic mass is 19.4. The van der Waals surface area contributed by atoms with Crippen molar-refractivity contribution in [3.8, 4) is 0 Å². The van der Waals surface area contributed by atoms with Crippen LogP contribution in [0.1, 0.15) is 6.92 Å². The Morgan fingerprint density at radius 2 is 2.00 bits per heavy atom. The molecule has 1 saturated carbocycles. The average Bonchev–Trinajstić information content (AvgIpc) is 2.85. The first-order valence-corrected chi connectivity index (χ1v) is 5.73. The Morgan fingerprint density at radius 3 is 2.45 bits per heavy atom. The molecule has 0 amide bonds. The molecule has 3 N–H and O–H groups in total. The lowest BCUT2D eigenvalue weighted by atomic mass is 10.0. The number of halogens is 5. The molecular weight excluding hydrogens is 287 g/mol. The summed E-state index contributed by atoms with van der Waals surface area (Å²) in [7, 11) is 0. The second-order valence-electron chi connectivity index (χ2n) is 4.94. The maximum Gasteiger partial charge on any atom is 0.433 e. The lowest BCUT2D eigenvalue weighted by Gasteiger charge is -2.21. The highest BCUT2D eigenvalue weighted by molar-refractivity contribution is 6.04. The maximum atomic E-state index is 14.0. The van der Waals surface area contributed by atoms with Crippen molar-refractivity contribution in [2.45, 2.75) is 19.0 Å². The van der Waals surface area contributed by atoms with Gasteiger partial charge in [-0.3, -0.25) is 10.2 Å². The van der Waals surface area contributed by atoms with Crippen LogP contribution >= 0.6 is 0 Å². The number of allylic oxidation sites excluding steroid dienone is 2. The Hall–Kier alpha value is -1.67. The Kier molecular flexibility index (Phi) is 3.06. The van der Waals surface area contributed by atoms with Crippen LogP contribution in [0.5, 0.6) is 0 Å². The predicted octanol–water partition coefficient (Wildman–Crippen LogP) is 2.03. The molecule has 0 aromatic rings. The molecule has 0 unspecified atom stereocenters. The Bertz CT molecular complexity index is 511. The molecule has 2 aliphatic carbocycles. The molecule has 2 aliphatic rings. The number of carboxylic acids is 1. The average molecular weight is 298 g/mol. The van der Waals surface area contributed by atoms with Gasteiger partial charge in [-0.1, -0.05) is 6.92 Å². The summed E-state index contributed by atoms with van der Waals surface area (Å²) >= 11 is 0. The fourth-order valence-electron chi connectivity index (χ4n) is 2.80. The Labute approximate surface area is 110 Å². The summed E-state index contributed by atoms with van der Waals surface area (Å²) in [6, 6.07) is 0. The first-order valence-electron chi connectivity index (χ1n) is 5.73. The minimum atomic E-state index is -5.04. The van der Waals surface area contributed by atoms with Gasteiger partial charge in [0.05, 0.1) is 5.70 Å². The van der Waals surface area contributed by atoms with Crippen molar-refractivity contribution < 1.29 is 31.9 Å². The van der Waals surface area contributed by atoms with Crippen molar-refractivity contribution in [1.29, 1.82) is 5.41 Å². The van der Waals surface area contributed by atoms with Crippen molar-refractivity contribution in [2.24, 2.45) is 17.8 Å². The first-order chi connectivity index (χ1) is 8.99. The summed E-state index contributed by atoms with van der Waals surface area (Å²) in [5, 5.41) is 17.4. The van der Waals surface area contributed by atoms with Gasteiger partial charge in [0, 0.05) is 17.4 Å². The number of hydrogen-bond acceptors (Lipinski definition) is 3. The largest absolute Gasteiger partial charge is 0.480 e. The van der Waals surface area contributed by atoms with Crippen LogP contribution < -0.4 is 5.32 Å². The molecule has 0 saturated heterocycles. The molecule has 9 heteroatoms. The molecule has 1 fully saturated rings. The molecule has 0 bridgehead atoms. The van der Waals surface area contributed by atoms with Gasteiger partial charge in [-0.15, -0.1) is 0 Å². The van der Waals surface area contributed by atoms with E-state index in [4.69, 9.17) is 10.5 Å². The minimum Gasteiger partial charge on any atom is -0.480 e. The zero-order chi connectivity index (χ0) is 15.5. The molecule has 0 radical (unpaired) electrons. The van der Waals surface area contributed by atoms with Gasteiger partial charge in [-0.05, 0) is 5.92 Å². The highest BCUT2D eigenvalue weighted by Gasteiger charge is 2.71. The second kappa shape index (κ2) is 4.16.